The first-order valence-electron chi connectivity index (χ1n) is 5.29. The van der Waals surface area contributed by atoms with E-state index in [-0.39, 0.29) is 12.1 Å². The lowest BCUT2D eigenvalue weighted by atomic mass is 9.92. The Labute approximate surface area is 98.9 Å². The fraction of sp³-hybridized carbons (Fsp3) is 0.500. The van der Waals surface area contributed by atoms with Crippen LogP contribution in [0.25, 0.3) is 0 Å². The number of hydrogen-bond acceptors (Lipinski definition) is 2. The van der Waals surface area contributed by atoms with Crippen LogP contribution in [0.5, 0.6) is 5.75 Å². The van der Waals surface area contributed by atoms with Gasteiger partial charge in [-0.1, -0.05) is 29.8 Å². The first-order chi connectivity index (χ1) is 7.08. The Bertz CT molecular complexity index is 365. The first kappa shape index (κ1) is 11.0. The Balaban J connectivity index is 2.32. The molecule has 2 N–H and O–H groups in total. The zero-order valence-corrected chi connectivity index (χ0v) is 10.6. The molecule has 1 heterocycles. The van der Waals surface area contributed by atoms with Gasteiger partial charge in [0, 0.05) is 22.5 Å². The molecule has 1 aliphatic rings. The van der Waals surface area contributed by atoms with Crippen molar-refractivity contribution in [3.63, 3.8) is 0 Å². The number of rotatable bonds is 1. The summed E-state index contributed by atoms with van der Waals surface area (Å²) >= 11 is 3.45. The maximum absolute atomic E-state index is 6.14. The van der Waals surface area contributed by atoms with Crippen molar-refractivity contribution < 1.29 is 4.74 Å². The summed E-state index contributed by atoms with van der Waals surface area (Å²) in [4.78, 5) is 0. The van der Waals surface area contributed by atoms with Gasteiger partial charge in [0.05, 0.1) is 0 Å². The van der Waals surface area contributed by atoms with E-state index in [2.05, 4.69) is 35.8 Å². The Morgan fingerprint density at radius 3 is 2.87 bits per heavy atom. The van der Waals surface area contributed by atoms with Crippen LogP contribution in [0.15, 0.2) is 22.7 Å². The highest BCUT2D eigenvalue weighted by molar-refractivity contribution is 9.10. The Morgan fingerprint density at radius 2 is 2.20 bits per heavy atom. The van der Waals surface area contributed by atoms with Gasteiger partial charge in [0.2, 0.25) is 0 Å². The molecule has 1 aromatic carbocycles. The molecule has 0 amide bonds. The molecule has 15 heavy (non-hydrogen) atoms. The van der Waals surface area contributed by atoms with Crippen LogP contribution in [0.3, 0.4) is 0 Å². The number of nitrogens with two attached hydrogens (primary N) is 1. The van der Waals surface area contributed by atoms with Crippen molar-refractivity contribution in [2.75, 3.05) is 0 Å². The molecule has 0 aromatic heterocycles. The topological polar surface area (TPSA) is 35.2 Å². The van der Waals surface area contributed by atoms with E-state index >= 15 is 0 Å². The van der Waals surface area contributed by atoms with Gasteiger partial charge < -0.3 is 10.5 Å². The van der Waals surface area contributed by atoms with Gasteiger partial charge in [-0.2, -0.15) is 0 Å². The summed E-state index contributed by atoms with van der Waals surface area (Å²) in [5, 5.41) is 0. The number of benzene rings is 1. The summed E-state index contributed by atoms with van der Waals surface area (Å²) in [5.74, 6) is 1.45. The lowest BCUT2D eigenvalue weighted by Crippen LogP contribution is -2.33. The fourth-order valence-corrected chi connectivity index (χ4v) is 2.29. The predicted octanol–water partition coefficient (Wildman–Crippen LogP) is 3.26. The molecule has 0 fully saturated rings. The molecule has 0 saturated heterocycles. The minimum absolute atomic E-state index is 0.0960. The van der Waals surface area contributed by atoms with Crippen molar-refractivity contribution >= 4 is 15.9 Å². The molecule has 1 aliphatic heterocycles. The molecule has 2 nitrogen and oxygen atoms in total. The average molecular weight is 270 g/mol. The summed E-state index contributed by atoms with van der Waals surface area (Å²) in [6.45, 7) is 4.34. The van der Waals surface area contributed by atoms with Crippen LogP contribution in [0.4, 0.5) is 0 Å². The summed E-state index contributed by atoms with van der Waals surface area (Å²) in [6, 6.07) is 6.14. The highest BCUT2D eigenvalue weighted by atomic mass is 79.9. The van der Waals surface area contributed by atoms with Crippen LogP contribution in [-0.2, 0) is 0 Å². The van der Waals surface area contributed by atoms with E-state index < -0.39 is 0 Å². The second kappa shape index (κ2) is 4.14. The highest BCUT2D eigenvalue weighted by Crippen LogP contribution is 2.36. The van der Waals surface area contributed by atoms with Crippen LogP contribution >= 0.6 is 15.9 Å². The highest BCUT2D eigenvalue weighted by Gasteiger charge is 2.27. The molecule has 0 bridgehead atoms. The Hall–Kier alpha value is -0.540. The van der Waals surface area contributed by atoms with Crippen LogP contribution < -0.4 is 10.5 Å². The third-order valence-corrected chi connectivity index (χ3v) is 3.37. The second-order valence-corrected chi connectivity index (χ2v) is 5.34. The third-order valence-electron chi connectivity index (χ3n) is 2.88. The van der Waals surface area contributed by atoms with Crippen molar-refractivity contribution in [2.45, 2.75) is 32.4 Å². The van der Waals surface area contributed by atoms with E-state index in [1.165, 1.54) is 0 Å². The van der Waals surface area contributed by atoms with E-state index in [1.54, 1.807) is 0 Å². The van der Waals surface area contributed by atoms with Gasteiger partial charge in [-0.05, 0) is 24.1 Å². The Morgan fingerprint density at radius 1 is 1.47 bits per heavy atom. The molecule has 2 atom stereocenters. The number of ether oxygens (including phenoxy) is 1. The fourth-order valence-electron chi connectivity index (χ4n) is 1.91. The molecule has 1 aromatic rings. The van der Waals surface area contributed by atoms with Crippen LogP contribution in [0.1, 0.15) is 31.9 Å². The van der Waals surface area contributed by atoms with Crippen molar-refractivity contribution in [2.24, 2.45) is 11.7 Å². The maximum atomic E-state index is 6.14. The summed E-state index contributed by atoms with van der Waals surface area (Å²) in [7, 11) is 0. The van der Waals surface area contributed by atoms with Gasteiger partial charge in [-0.3, -0.25) is 0 Å². The van der Waals surface area contributed by atoms with Gasteiger partial charge in [0.15, 0.2) is 0 Å². The molecule has 0 radical (unpaired) electrons. The summed E-state index contributed by atoms with van der Waals surface area (Å²) < 4.78 is 6.98. The van der Waals surface area contributed by atoms with E-state index in [0.717, 1.165) is 22.2 Å². The maximum Gasteiger partial charge on any atom is 0.124 e. The molecule has 0 aliphatic carbocycles. The Kier molecular flexibility index (Phi) is 3.03. The van der Waals surface area contributed by atoms with Gasteiger partial charge >= 0.3 is 0 Å². The molecular formula is C12H16BrNO. The standard InChI is InChI=1S/C12H16BrNO/c1-7(2)12-6-10(14)9-5-8(13)3-4-11(9)15-12/h3-5,7,10,12H,6,14H2,1-2H3. The van der Waals surface area contributed by atoms with Crippen molar-refractivity contribution in [3.05, 3.63) is 28.2 Å². The molecule has 0 spiro atoms. The van der Waals surface area contributed by atoms with Crippen LogP contribution in [0, 0.1) is 5.92 Å². The van der Waals surface area contributed by atoms with Gasteiger partial charge in [-0.15, -0.1) is 0 Å². The van der Waals surface area contributed by atoms with Gasteiger partial charge in [-0.25, -0.2) is 0 Å². The van der Waals surface area contributed by atoms with Crippen molar-refractivity contribution in [1.29, 1.82) is 0 Å². The minimum atomic E-state index is 0.0960. The number of halogens is 1. The van der Waals surface area contributed by atoms with Crippen molar-refractivity contribution in [1.82, 2.24) is 0 Å². The van der Waals surface area contributed by atoms with E-state index in [4.69, 9.17) is 10.5 Å². The quantitative estimate of drug-likeness (QED) is 0.850. The first-order valence-corrected chi connectivity index (χ1v) is 6.09. The lowest BCUT2D eigenvalue weighted by molar-refractivity contribution is 0.115. The SMILES string of the molecule is CC(C)C1CC(N)c2cc(Br)ccc2O1. The zero-order chi connectivity index (χ0) is 11.0. The summed E-state index contributed by atoms with van der Waals surface area (Å²) in [6.07, 6.45) is 1.15. The van der Waals surface area contributed by atoms with E-state index in [1.807, 2.05) is 12.1 Å². The number of fused-ring (bicyclic) bond motifs is 1. The molecule has 3 heteroatoms. The van der Waals surface area contributed by atoms with Gasteiger partial charge in [0.25, 0.3) is 0 Å². The smallest absolute Gasteiger partial charge is 0.124 e. The average Bonchev–Trinajstić information content (AvgIpc) is 2.18. The summed E-state index contributed by atoms with van der Waals surface area (Å²) in [5.41, 5.74) is 7.25. The van der Waals surface area contributed by atoms with Crippen molar-refractivity contribution in [3.8, 4) is 5.75 Å². The second-order valence-electron chi connectivity index (χ2n) is 4.42. The van der Waals surface area contributed by atoms with E-state index in [9.17, 15) is 0 Å². The number of hydrogen-bond donors (Lipinski definition) is 1. The third kappa shape index (κ3) is 2.18. The molecule has 82 valence electrons. The van der Waals surface area contributed by atoms with Gasteiger partial charge in [0.1, 0.15) is 11.9 Å². The largest absolute Gasteiger partial charge is 0.490 e. The molecule has 2 rings (SSSR count). The molecule has 2 unspecified atom stereocenters. The monoisotopic (exact) mass is 269 g/mol. The normalized spacial score (nSPS) is 24.9. The molecule has 0 saturated carbocycles. The van der Waals surface area contributed by atoms with E-state index in [0.29, 0.717) is 5.92 Å². The zero-order valence-electron chi connectivity index (χ0n) is 9.03. The van der Waals surface area contributed by atoms with Crippen LogP contribution in [-0.4, -0.2) is 6.10 Å². The minimum Gasteiger partial charge on any atom is -0.490 e. The lowest BCUT2D eigenvalue weighted by Gasteiger charge is -2.32. The van der Waals surface area contributed by atoms with Crippen LogP contribution in [0.2, 0.25) is 0 Å². The predicted molar refractivity (Wildman–Crippen MR) is 64.9 cm³/mol. The molecular weight excluding hydrogens is 254 g/mol.